The molecule has 4 nitrogen and oxygen atoms in total. The molecule has 100 valence electrons. The van der Waals surface area contributed by atoms with Crippen molar-refractivity contribution in [2.75, 3.05) is 25.0 Å². The maximum Gasteiger partial charge on any atom is 0.245 e. The van der Waals surface area contributed by atoms with Gasteiger partial charge in [-0.05, 0) is 31.4 Å². The van der Waals surface area contributed by atoms with Crippen molar-refractivity contribution < 1.29 is 8.42 Å². The fourth-order valence-corrected chi connectivity index (χ4v) is 4.02. The second-order valence-corrected chi connectivity index (χ2v) is 6.69. The first-order chi connectivity index (χ1) is 8.55. The first kappa shape index (κ1) is 13.4. The van der Waals surface area contributed by atoms with Crippen LogP contribution in [0.4, 0.5) is 5.69 Å². The number of nitrogens with one attached hydrogen (secondary N) is 1. The number of rotatable bonds is 4. The monoisotopic (exact) mass is 268 g/mol. The van der Waals surface area contributed by atoms with Gasteiger partial charge in [0.15, 0.2) is 0 Å². The highest BCUT2D eigenvalue weighted by atomic mass is 32.2. The highest BCUT2D eigenvalue weighted by molar-refractivity contribution is 7.89. The zero-order valence-electron chi connectivity index (χ0n) is 10.9. The minimum Gasteiger partial charge on any atom is -0.384 e. The zero-order chi connectivity index (χ0) is 13.2. The van der Waals surface area contributed by atoms with Gasteiger partial charge in [-0.3, -0.25) is 0 Å². The van der Waals surface area contributed by atoms with E-state index in [4.69, 9.17) is 0 Å². The van der Waals surface area contributed by atoms with Gasteiger partial charge in [0.05, 0.1) is 5.69 Å². The van der Waals surface area contributed by atoms with Gasteiger partial charge in [-0.2, -0.15) is 4.31 Å². The van der Waals surface area contributed by atoms with Crippen LogP contribution in [0.5, 0.6) is 0 Å². The lowest BCUT2D eigenvalue weighted by atomic mass is 10.2. The Morgan fingerprint density at radius 2 is 2.11 bits per heavy atom. The minimum absolute atomic E-state index is 0.390. The first-order valence-corrected chi connectivity index (χ1v) is 7.82. The quantitative estimate of drug-likeness (QED) is 0.910. The van der Waals surface area contributed by atoms with Gasteiger partial charge in [0.2, 0.25) is 10.0 Å². The van der Waals surface area contributed by atoms with E-state index in [0.29, 0.717) is 36.1 Å². The summed E-state index contributed by atoms with van der Waals surface area (Å²) in [5, 5.41) is 3.11. The van der Waals surface area contributed by atoms with Crippen LogP contribution >= 0.6 is 0 Å². The topological polar surface area (TPSA) is 49.4 Å². The van der Waals surface area contributed by atoms with Crippen molar-refractivity contribution in [1.82, 2.24) is 4.31 Å². The summed E-state index contributed by atoms with van der Waals surface area (Å²) in [6.07, 6.45) is 0.947. The third-order valence-electron chi connectivity index (χ3n) is 3.26. The fourth-order valence-electron chi connectivity index (χ4n) is 2.28. The SMILES string of the molecule is CCNc1ccccc1S(=O)(=O)N1CCC(C)C1. The van der Waals surface area contributed by atoms with Gasteiger partial charge in [0.1, 0.15) is 4.90 Å². The molecule has 1 atom stereocenters. The lowest BCUT2D eigenvalue weighted by Crippen LogP contribution is -2.29. The average Bonchev–Trinajstić information content (AvgIpc) is 2.78. The molecule has 1 saturated heterocycles. The Kier molecular flexibility index (Phi) is 3.92. The van der Waals surface area contributed by atoms with Gasteiger partial charge in [-0.25, -0.2) is 8.42 Å². The Morgan fingerprint density at radius 1 is 1.39 bits per heavy atom. The zero-order valence-corrected chi connectivity index (χ0v) is 11.7. The van der Waals surface area contributed by atoms with Crippen molar-refractivity contribution in [3.05, 3.63) is 24.3 Å². The molecule has 0 bridgehead atoms. The van der Waals surface area contributed by atoms with Crippen LogP contribution in [0.25, 0.3) is 0 Å². The molecule has 1 N–H and O–H groups in total. The number of benzene rings is 1. The summed E-state index contributed by atoms with van der Waals surface area (Å²) in [6, 6.07) is 7.11. The van der Waals surface area contributed by atoms with Crippen molar-refractivity contribution in [2.24, 2.45) is 5.92 Å². The van der Waals surface area contributed by atoms with Crippen LogP contribution in [0.3, 0.4) is 0 Å². The van der Waals surface area contributed by atoms with E-state index in [9.17, 15) is 8.42 Å². The lowest BCUT2D eigenvalue weighted by Gasteiger charge is -2.18. The Balaban J connectivity index is 2.35. The summed E-state index contributed by atoms with van der Waals surface area (Å²) in [7, 11) is -3.35. The third-order valence-corrected chi connectivity index (χ3v) is 5.18. The maximum atomic E-state index is 12.6. The first-order valence-electron chi connectivity index (χ1n) is 6.38. The van der Waals surface area contributed by atoms with Gasteiger partial charge < -0.3 is 5.32 Å². The van der Waals surface area contributed by atoms with Gasteiger partial charge in [0.25, 0.3) is 0 Å². The molecule has 1 aromatic carbocycles. The lowest BCUT2D eigenvalue weighted by molar-refractivity contribution is 0.464. The largest absolute Gasteiger partial charge is 0.384 e. The molecule has 1 aliphatic rings. The summed E-state index contributed by atoms with van der Waals surface area (Å²) in [6.45, 7) is 6.02. The highest BCUT2D eigenvalue weighted by Crippen LogP contribution is 2.28. The fraction of sp³-hybridized carbons (Fsp3) is 0.538. The summed E-state index contributed by atoms with van der Waals surface area (Å²) in [5.41, 5.74) is 0.694. The van der Waals surface area contributed by atoms with Gasteiger partial charge >= 0.3 is 0 Å². The molecule has 1 aromatic rings. The number of anilines is 1. The minimum atomic E-state index is -3.35. The van der Waals surface area contributed by atoms with Crippen molar-refractivity contribution in [3.63, 3.8) is 0 Å². The molecule has 1 fully saturated rings. The molecule has 0 spiro atoms. The van der Waals surface area contributed by atoms with Crippen LogP contribution in [0, 0.1) is 5.92 Å². The van der Waals surface area contributed by atoms with E-state index in [1.807, 2.05) is 19.1 Å². The van der Waals surface area contributed by atoms with Gasteiger partial charge in [-0.1, -0.05) is 19.1 Å². The van der Waals surface area contributed by atoms with E-state index in [1.165, 1.54) is 0 Å². The number of hydrogen-bond acceptors (Lipinski definition) is 3. The van der Waals surface area contributed by atoms with E-state index >= 15 is 0 Å². The average molecular weight is 268 g/mol. The van der Waals surface area contributed by atoms with E-state index in [1.54, 1.807) is 16.4 Å². The molecule has 0 radical (unpaired) electrons. The molecular weight excluding hydrogens is 248 g/mol. The number of nitrogens with zero attached hydrogens (tertiary/aromatic N) is 1. The molecular formula is C13H20N2O2S. The summed E-state index contributed by atoms with van der Waals surface area (Å²) < 4.78 is 26.7. The highest BCUT2D eigenvalue weighted by Gasteiger charge is 2.31. The third kappa shape index (κ3) is 2.52. The standard InChI is InChI=1S/C13H20N2O2S/c1-3-14-12-6-4-5-7-13(12)18(16,17)15-9-8-11(2)10-15/h4-7,11,14H,3,8-10H2,1-2H3. The van der Waals surface area contributed by atoms with Crippen molar-refractivity contribution in [2.45, 2.75) is 25.2 Å². The summed E-state index contributed by atoms with van der Waals surface area (Å²) in [4.78, 5) is 0.390. The second kappa shape index (κ2) is 5.28. The van der Waals surface area contributed by atoms with E-state index in [2.05, 4.69) is 12.2 Å². The van der Waals surface area contributed by atoms with Crippen molar-refractivity contribution >= 4 is 15.7 Å². The van der Waals surface area contributed by atoms with Crippen LogP contribution in [-0.2, 0) is 10.0 Å². The van der Waals surface area contributed by atoms with Crippen LogP contribution in [0.2, 0.25) is 0 Å². The number of sulfonamides is 1. The summed E-state index contributed by atoms with van der Waals surface area (Å²) in [5.74, 6) is 0.450. The second-order valence-electron chi connectivity index (χ2n) is 4.78. The van der Waals surface area contributed by atoms with Gasteiger partial charge in [0, 0.05) is 19.6 Å². The van der Waals surface area contributed by atoms with Gasteiger partial charge in [-0.15, -0.1) is 0 Å². The molecule has 5 heteroatoms. The smallest absolute Gasteiger partial charge is 0.245 e. The molecule has 0 saturated carbocycles. The normalized spacial score (nSPS) is 21.1. The Labute approximate surface area is 109 Å². The molecule has 1 aliphatic heterocycles. The molecule has 0 aliphatic carbocycles. The maximum absolute atomic E-state index is 12.6. The van der Waals surface area contributed by atoms with Crippen LogP contribution in [0.15, 0.2) is 29.2 Å². The Hall–Kier alpha value is -1.07. The Bertz CT molecular complexity index is 513. The molecule has 0 amide bonds. The predicted molar refractivity (Wildman–Crippen MR) is 73.1 cm³/mol. The molecule has 1 heterocycles. The van der Waals surface area contributed by atoms with Crippen molar-refractivity contribution in [1.29, 1.82) is 0 Å². The van der Waals surface area contributed by atoms with Crippen LogP contribution in [0.1, 0.15) is 20.3 Å². The Morgan fingerprint density at radius 3 is 2.72 bits per heavy atom. The van der Waals surface area contributed by atoms with Crippen LogP contribution < -0.4 is 5.32 Å². The van der Waals surface area contributed by atoms with E-state index < -0.39 is 10.0 Å². The molecule has 0 aromatic heterocycles. The molecule has 1 unspecified atom stereocenters. The van der Waals surface area contributed by atoms with Crippen molar-refractivity contribution in [3.8, 4) is 0 Å². The van der Waals surface area contributed by atoms with E-state index in [0.717, 1.165) is 6.42 Å². The molecule has 18 heavy (non-hydrogen) atoms. The number of hydrogen-bond donors (Lipinski definition) is 1. The summed E-state index contributed by atoms with van der Waals surface area (Å²) >= 11 is 0. The van der Waals surface area contributed by atoms with Crippen LogP contribution in [-0.4, -0.2) is 32.4 Å². The molecule has 2 rings (SSSR count). The van der Waals surface area contributed by atoms with E-state index in [-0.39, 0.29) is 0 Å². The number of para-hydroxylation sites is 1. The predicted octanol–water partition coefficient (Wildman–Crippen LogP) is 2.15.